The number of carbonyl (C=O) groups is 1. The molecule has 0 spiro atoms. The van der Waals surface area contributed by atoms with Gasteiger partial charge in [-0.2, -0.15) is 5.10 Å². The summed E-state index contributed by atoms with van der Waals surface area (Å²) in [5.41, 5.74) is 2.91. The molecule has 0 unspecified atom stereocenters. The van der Waals surface area contributed by atoms with E-state index >= 15 is 0 Å². The van der Waals surface area contributed by atoms with Crippen LogP contribution in [0.4, 0.5) is 0 Å². The van der Waals surface area contributed by atoms with E-state index < -0.39 is 5.97 Å². The molecule has 6 heteroatoms. The van der Waals surface area contributed by atoms with Gasteiger partial charge in [-0.15, -0.1) is 0 Å². The van der Waals surface area contributed by atoms with E-state index in [4.69, 9.17) is 14.6 Å². The summed E-state index contributed by atoms with van der Waals surface area (Å²) in [6, 6.07) is 5.40. The fourth-order valence-corrected chi connectivity index (χ4v) is 2.28. The van der Waals surface area contributed by atoms with Crippen molar-refractivity contribution in [2.45, 2.75) is 20.3 Å². The monoisotopic (exact) mass is 290 g/mol. The molecule has 0 saturated heterocycles. The van der Waals surface area contributed by atoms with Crippen LogP contribution in [0.5, 0.6) is 11.5 Å². The van der Waals surface area contributed by atoms with Crippen LogP contribution in [0.2, 0.25) is 0 Å². The van der Waals surface area contributed by atoms with Gasteiger partial charge in [0.1, 0.15) is 17.2 Å². The Kier molecular flexibility index (Phi) is 4.16. The molecule has 112 valence electrons. The highest BCUT2D eigenvalue weighted by atomic mass is 16.5. The predicted molar refractivity (Wildman–Crippen MR) is 77.5 cm³/mol. The Balaban J connectivity index is 2.59. The zero-order valence-corrected chi connectivity index (χ0v) is 12.5. The Morgan fingerprint density at radius 1 is 1.29 bits per heavy atom. The molecule has 1 aromatic heterocycles. The molecule has 0 saturated carbocycles. The summed E-state index contributed by atoms with van der Waals surface area (Å²) < 4.78 is 12.3. The van der Waals surface area contributed by atoms with E-state index in [1.165, 1.54) is 0 Å². The predicted octanol–water partition coefficient (Wildman–Crippen LogP) is 2.13. The number of benzene rings is 1. The first-order valence-electron chi connectivity index (χ1n) is 6.47. The van der Waals surface area contributed by atoms with Gasteiger partial charge in [0.05, 0.1) is 26.3 Å². The number of nitrogens with zero attached hydrogens (tertiary/aromatic N) is 2. The third-order valence-corrected chi connectivity index (χ3v) is 3.38. The highest BCUT2D eigenvalue weighted by Crippen LogP contribution is 2.29. The molecule has 2 rings (SSSR count). The minimum Gasteiger partial charge on any atom is -0.497 e. The number of ether oxygens (including phenoxy) is 2. The van der Waals surface area contributed by atoms with Crippen LogP contribution in [-0.4, -0.2) is 35.1 Å². The lowest BCUT2D eigenvalue weighted by atomic mass is 10.1. The third-order valence-electron chi connectivity index (χ3n) is 3.38. The molecule has 0 aliphatic carbocycles. The van der Waals surface area contributed by atoms with Gasteiger partial charge in [0.25, 0.3) is 0 Å². The van der Waals surface area contributed by atoms with E-state index in [1.54, 1.807) is 38.0 Å². The number of carboxylic acids is 1. The van der Waals surface area contributed by atoms with Crippen molar-refractivity contribution >= 4 is 5.97 Å². The van der Waals surface area contributed by atoms with Crippen molar-refractivity contribution in [3.63, 3.8) is 0 Å². The summed E-state index contributed by atoms with van der Waals surface area (Å²) in [5, 5.41) is 13.4. The highest BCUT2D eigenvalue weighted by Gasteiger charge is 2.18. The largest absolute Gasteiger partial charge is 0.497 e. The summed E-state index contributed by atoms with van der Waals surface area (Å²) in [4.78, 5) is 11.0. The highest BCUT2D eigenvalue weighted by molar-refractivity contribution is 5.71. The zero-order chi connectivity index (χ0) is 15.6. The van der Waals surface area contributed by atoms with Gasteiger partial charge >= 0.3 is 5.97 Å². The van der Waals surface area contributed by atoms with E-state index in [-0.39, 0.29) is 6.42 Å². The van der Waals surface area contributed by atoms with Gasteiger partial charge in [0.15, 0.2) is 0 Å². The Morgan fingerprint density at radius 2 is 2.00 bits per heavy atom. The van der Waals surface area contributed by atoms with Crippen molar-refractivity contribution in [3.05, 3.63) is 35.2 Å². The average Bonchev–Trinajstić information content (AvgIpc) is 2.74. The number of carboxylic acid groups (broad SMARTS) is 1. The fourth-order valence-electron chi connectivity index (χ4n) is 2.28. The van der Waals surface area contributed by atoms with E-state index in [9.17, 15) is 4.79 Å². The van der Waals surface area contributed by atoms with Crippen molar-refractivity contribution in [2.75, 3.05) is 14.2 Å². The van der Waals surface area contributed by atoms with Crippen molar-refractivity contribution in [2.24, 2.45) is 0 Å². The first-order valence-corrected chi connectivity index (χ1v) is 6.47. The molecule has 0 aliphatic heterocycles. The first-order chi connectivity index (χ1) is 9.97. The number of hydrogen-bond donors (Lipinski definition) is 1. The molecule has 0 amide bonds. The van der Waals surface area contributed by atoms with Gasteiger partial charge in [0, 0.05) is 17.3 Å². The van der Waals surface area contributed by atoms with Gasteiger partial charge in [0.2, 0.25) is 0 Å². The SMILES string of the molecule is COc1ccc(OC)c(-n2nc(C)c(CC(=O)O)c2C)c1. The molecule has 0 radical (unpaired) electrons. The second-order valence-electron chi connectivity index (χ2n) is 4.67. The number of aryl methyl sites for hydroxylation is 1. The van der Waals surface area contributed by atoms with Crippen LogP contribution in [0.25, 0.3) is 5.69 Å². The fraction of sp³-hybridized carbons (Fsp3) is 0.333. The first kappa shape index (κ1) is 14.9. The van der Waals surface area contributed by atoms with E-state index in [2.05, 4.69) is 5.10 Å². The third kappa shape index (κ3) is 2.84. The smallest absolute Gasteiger partial charge is 0.307 e. The molecule has 1 heterocycles. The van der Waals surface area contributed by atoms with Crippen LogP contribution >= 0.6 is 0 Å². The van der Waals surface area contributed by atoms with Crippen molar-refractivity contribution in [1.29, 1.82) is 0 Å². The van der Waals surface area contributed by atoms with Crippen LogP contribution in [-0.2, 0) is 11.2 Å². The van der Waals surface area contributed by atoms with E-state index in [0.29, 0.717) is 28.4 Å². The lowest BCUT2D eigenvalue weighted by Crippen LogP contribution is -2.05. The summed E-state index contributed by atoms with van der Waals surface area (Å²) in [5.74, 6) is 0.444. The van der Waals surface area contributed by atoms with Crippen LogP contribution < -0.4 is 9.47 Å². The molecule has 6 nitrogen and oxygen atoms in total. The Hall–Kier alpha value is -2.50. The molecule has 21 heavy (non-hydrogen) atoms. The second kappa shape index (κ2) is 5.87. The van der Waals surface area contributed by atoms with Gasteiger partial charge in [-0.25, -0.2) is 4.68 Å². The van der Waals surface area contributed by atoms with Crippen LogP contribution in [0, 0.1) is 13.8 Å². The Bertz CT molecular complexity index is 677. The number of aliphatic carboxylic acids is 1. The topological polar surface area (TPSA) is 73.6 Å². The second-order valence-corrected chi connectivity index (χ2v) is 4.67. The molecule has 0 fully saturated rings. The number of hydrogen-bond acceptors (Lipinski definition) is 4. The molecular formula is C15H18N2O4. The lowest BCUT2D eigenvalue weighted by Gasteiger charge is -2.12. The van der Waals surface area contributed by atoms with Crippen LogP contribution in [0.3, 0.4) is 0 Å². The summed E-state index contributed by atoms with van der Waals surface area (Å²) in [6.45, 7) is 3.64. The summed E-state index contributed by atoms with van der Waals surface area (Å²) >= 11 is 0. The van der Waals surface area contributed by atoms with E-state index in [0.717, 1.165) is 5.69 Å². The number of methoxy groups -OCH3 is 2. The summed E-state index contributed by atoms with van der Waals surface area (Å²) in [6.07, 6.45) is -0.0516. The maximum Gasteiger partial charge on any atom is 0.307 e. The van der Waals surface area contributed by atoms with Gasteiger partial charge < -0.3 is 14.6 Å². The molecule has 2 aromatic rings. The van der Waals surface area contributed by atoms with Crippen LogP contribution in [0.1, 0.15) is 17.0 Å². The maximum absolute atomic E-state index is 11.0. The zero-order valence-electron chi connectivity index (χ0n) is 12.5. The summed E-state index contributed by atoms with van der Waals surface area (Å²) in [7, 11) is 3.16. The van der Waals surface area contributed by atoms with Gasteiger partial charge in [-0.3, -0.25) is 4.79 Å². The van der Waals surface area contributed by atoms with Crippen LogP contribution in [0.15, 0.2) is 18.2 Å². The van der Waals surface area contributed by atoms with Crippen molar-refractivity contribution in [1.82, 2.24) is 9.78 Å². The van der Waals surface area contributed by atoms with Crippen molar-refractivity contribution < 1.29 is 19.4 Å². The number of aromatic nitrogens is 2. The Labute approximate surface area is 122 Å². The molecular weight excluding hydrogens is 272 g/mol. The standard InChI is InChI=1S/C15H18N2O4/c1-9-12(8-15(18)19)10(2)17(16-9)13-7-11(20-3)5-6-14(13)21-4/h5-7H,8H2,1-4H3,(H,18,19). The molecule has 1 aromatic carbocycles. The van der Waals surface area contributed by atoms with Gasteiger partial charge in [-0.1, -0.05) is 0 Å². The molecule has 0 bridgehead atoms. The molecule has 0 atom stereocenters. The average molecular weight is 290 g/mol. The number of rotatable bonds is 5. The Morgan fingerprint density at radius 3 is 2.57 bits per heavy atom. The minimum absolute atomic E-state index is 0.0516. The minimum atomic E-state index is -0.877. The van der Waals surface area contributed by atoms with Crippen molar-refractivity contribution in [3.8, 4) is 17.2 Å². The lowest BCUT2D eigenvalue weighted by molar-refractivity contribution is -0.136. The molecule has 1 N–H and O–H groups in total. The maximum atomic E-state index is 11.0. The van der Waals surface area contributed by atoms with E-state index in [1.807, 2.05) is 13.0 Å². The normalized spacial score (nSPS) is 10.5. The van der Waals surface area contributed by atoms with Gasteiger partial charge in [-0.05, 0) is 26.0 Å². The quantitative estimate of drug-likeness (QED) is 0.913. The molecule has 0 aliphatic rings.